The van der Waals surface area contributed by atoms with Crippen molar-refractivity contribution in [2.24, 2.45) is 0 Å². The van der Waals surface area contributed by atoms with Crippen LogP contribution in [0, 0.1) is 23.0 Å². The highest BCUT2D eigenvalue weighted by atomic mass is 31.0. The summed E-state index contributed by atoms with van der Waals surface area (Å²) in [5.74, 6) is -1.05. The van der Waals surface area contributed by atoms with E-state index in [4.69, 9.17) is 5.26 Å². The fourth-order valence-electron chi connectivity index (χ4n) is 0.883. The van der Waals surface area contributed by atoms with E-state index in [1.165, 1.54) is 0 Å². The molecule has 0 aliphatic carbocycles. The number of hydrogen-bond acceptors (Lipinski definition) is 1. The molecule has 0 saturated carbocycles. The highest BCUT2D eigenvalue weighted by Gasteiger charge is 2.06. The lowest BCUT2D eigenvalue weighted by Crippen LogP contribution is -2.04. The summed E-state index contributed by atoms with van der Waals surface area (Å²) in [6, 6.07) is 3.87. The van der Waals surface area contributed by atoms with Crippen LogP contribution in [0.2, 0.25) is 0 Å². The quantitative estimate of drug-likeness (QED) is 0.608. The van der Waals surface area contributed by atoms with Crippen LogP contribution in [0.25, 0.3) is 0 Å². The molecule has 1 unspecified atom stereocenters. The molecule has 0 amide bonds. The maximum Gasteiger partial charge on any atom is 0.134 e. The van der Waals surface area contributed by atoms with Crippen LogP contribution >= 0.6 is 9.24 Å². The maximum atomic E-state index is 13.0. The largest absolute Gasteiger partial charge is 0.207 e. The van der Waals surface area contributed by atoms with Gasteiger partial charge in [0.05, 0.1) is 12.5 Å². The number of nitrogens with zero attached hydrogens (tertiary/aromatic N) is 1. The summed E-state index contributed by atoms with van der Waals surface area (Å²) in [5, 5.41) is 8.43. The van der Waals surface area contributed by atoms with Crippen molar-refractivity contribution in [1.29, 1.82) is 5.26 Å². The number of benzene rings is 1. The number of rotatable bonds is 1. The Bertz CT molecular complexity index is 344. The minimum Gasteiger partial charge on any atom is -0.207 e. The van der Waals surface area contributed by atoms with Crippen LogP contribution in [-0.2, 0) is 6.42 Å². The smallest absolute Gasteiger partial charge is 0.134 e. The molecule has 1 atom stereocenters. The second-order valence-corrected chi connectivity index (χ2v) is 2.93. The first-order valence-corrected chi connectivity index (χ1v) is 3.83. The third kappa shape index (κ3) is 1.78. The lowest BCUT2D eigenvalue weighted by molar-refractivity contribution is 0.597. The Morgan fingerprint density at radius 3 is 2.67 bits per heavy atom. The second kappa shape index (κ2) is 3.60. The van der Waals surface area contributed by atoms with Gasteiger partial charge in [-0.3, -0.25) is 0 Å². The molecule has 4 heteroatoms. The number of halogens is 2. The van der Waals surface area contributed by atoms with E-state index in [-0.39, 0.29) is 17.3 Å². The molecule has 0 aliphatic rings. The molecule has 0 N–H and O–H groups in total. The first kappa shape index (κ1) is 9.09. The second-order valence-electron chi connectivity index (χ2n) is 2.30. The maximum absolute atomic E-state index is 13.0. The SMILES string of the molecule is N#CCc1cc(F)cc(P)c1F. The average Bonchev–Trinajstić information content (AvgIpc) is 2.00. The van der Waals surface area contributed by atoms with Crippen molar-refractivity contribution in [3.8, 4) is 6.07 Å². The standard InChI is InChI=1S/C8H6F2NP/c9-6-3-5(1-2-11)8(10)7(12)4-6/h3-4H,1,12H2. The van der Waals surface area contributed by atoms with E-state index >= 15 is 0 Å². The van der Waals surface area contributed by atoms with E-state index in [1.807, 2.05) is 0 Å². The first-order valence-electron chi connectivity index (χ1n) is 3.25. The van der Waals surface area contributed by atoms with Crippen LogP contribution in [0.1, 0.15) is 5.56 Å². The molecule has 1 nitrogen and oxygen atoms in total. The van der Waals surface area contributed by atoms with Gasteiger partial charge in [-0.2, -0.15) is 5.26 Å². The summed E-state index contributed by atoms with van der Waals surface area (Å²) in [7, 11) is 2.08. The Morgan fingerprint density at radius 2 is 2.08 bits per heavy atom. The molecule has 1 rings (SSSR count). The van der Waals surface area contributed by atoms with Gasteiger partial charge in [-0.1, -0.05) is 0 Å². The van der Waals surface area contributed by atoms with Gasteiger partial charge in [-0.25, -0.2) is 8.78 Å². The molecule has 0 aliphatic heterocycles. The molecule has 1 aromatic carbocycles. The third-order valence-corrected chi connectivity index (χ3v) is 1.83. The van der Waals surface area contributed by atoms with Crippen molar-refractivity contribution >= 4 is 14.5 Å². The normalized spacial score (nSPS) is 9.50. The zero-order valence-corrected chi connectivity index (χ0v) is 7.30. The monoisotopic (exact) mass is 185 g/mol. The summed E-state index contributed by atoms with van der Waals surface area (Å²) in [6.07, 6.45) is -0.106. The van der Waals surface area contributed by atoms with Gasteiger partial charge in [0.2, 0.25) is 0 Å². The van der Waals surface area contributed by atoms with Gasteiger partial charge in [-0.15, -0.1) is 9.24 Å². The fraction of sp³-hybridized carbons (Fsp3) is 0.125. The van der Waals surface area contributed by atoms with Crippen molar-refractivity contribution in [2.75, 3.05) is 0 Å². The van der Waals surface area contributed by atoms with Crippen LogP contribution in [0.5, 0.6) is 0 Å². The van der Waals surface area contributed by atoms with Gasteiger partial charge in [0.1, 0.15) is 11.6 Å². The summed E-state index contributed by atoms with van der Waals surface area (Å²) < 4.78 is 25.7. The molecule has 0 spiro atoms. The van der Waals surface area contributed by atoms with Crippen LogP contribution in [0.15, 0.2) is 12.1 Å². The van der Waals surface area contributed by atoms with Crippen LogP contribution in [0.4, 0.5) is 8.78 Å². The zero-order chi connectivity index (χ0) is 9.14. The van der Waals surface area contributed by atoms with Crippen molar-refractivity contribution in [3.05, 3.63) is 29.3 Å². The van der Waals surface area contributed by atoms with E-state index in [1.54, 1.807) is 6.07 Å². The summed E-state index contributed by atoms with van der Waals surface area (Å²) >= 11 is 0. The molecule has 0 aromatic heterocycles. The topological polar surface area (TPSA) is 23.8 Å². The summed E-state index contributed by atoms with van der Waals surface area (Å²) in [6.45, 7) is 0. The van der Waals surface area contributed by atoms with Crippen LogP contribution < -0.4 is 5.30 Å². The molecule has 0 fully saturated rings. The number of nitriles is 1. The van der Waals surface area contributed by atoms with Crippen LogP contribution in [0.3, 0.4) is 0 Å². The van der Waals surface area contributed by atoms with E-state index < -0.39 is 11.6 Å². The predicted molar refractivity (Wildman–Crippen MR) is 45.0 cm³/mol. The van der Waals surface area contributed by atoms with Crippen molar-refractivity contribution < 1.29 is 8.78 Å². The molecular weight excluding hydrogens is 179 g/mol. The Hall–Kier alpha value is -1.00. The molecule has 12 heavy (non-hydrogen) atoms. The van der Waals surface area contributed by atoms with Gasteiger partial charge in [0, 0.05) is 10.9 Å². The lowest BCUT2D eigenvalue weighted by Gasteiger charge is -2.01. The minimum absolute atomic E-state index is 0.0995. The fourth-order valence-corrected chi connectivity index (χ4v) is 1.23. The Labute approximate surface area is 71.2 Å². The number of hydrogen-bond donors (Lipinski definition) is 0. The summed E-state index contributed by atoms with van der Waals surface area (Å²) in [5.41, 5.74) is 0.0995. The van der Waals surface area contributed by atoms with Crippen molar-refractivity contribution in [2.45, 2.75) is 6.42 Å². The molecule has 0 saturated heterocycles. The van der Waals surface area contributed by atoms with Gasteiger partial charge < -0.3 is 0 Å². The van der Waals surface area contributed by atoms with Gasteiger partial charge in [-0.05, 0) is 12.1 Å². The molecule has 1 aromatic rings. The summed E-state index contributed by atoms with van der Waals surface area (Å²) in [4.78, 5) is 0. The molecule has 0 bridgehead atoms. The van der Waals surface area contributed by atoms with Gasteiger partial charge >= 0.3 is 0 Å². The van der Waals surface area contributed by atoms with Crippen LogP contribution in [-0.4, -0.2) is 0 Å². The highest BCUT2D eigenvalue weighted by molar-refractivity contribution is 7.27. The Kier molecular flexibility index (Phi) is 2.73. The zero-order valence-electron chi connectivity index (χ0n) is 6.14. The third-order valence-electron chi connectivity index (χ3n) is 1.41. The Morgan fingerprint density at radius 1 is 1.42 bits per heavy atom. The Balaban J connectivity index is 3.20. The van der Waals surface area contributed by atoms with E-state index in [2.05, 4.69) is 9.24 Å². The van der Waals surface area contributed by atoms with E-state index in [9.17, 15) is 8.78 Å². The molecule has 0 radical (unpaired) electrons. The first-order chi connectivity index (χ1) is 5.65. The van der Waals surface area contributed by atoms with Gasteiger partial charge in [0.15, 0.2) is 0 Å². The van der Waals surface area contributed by atoms with E-state index in [0.29, 0.717) is 0 Å². The van der Waals surface area contributed by atoms with Crippen molar-refractivity contribution in [3.63, 3.8) is 0 Å². The average molecular weight is 185 g/mol. The minimum atomic E-state index is -0.525. The lowest BCUT2D eigenvalue weighted by atomic mass is 10.1. The molecule has 0 heterocycles. The molecule has 62 valence electrons. The molecular formula is C8H6F2NP. The van der Waals surface area contributed by atoms with Gasteiger partial charge in [0.25, 0.3) is 0 Å². The highest BCUT2D eigenvalue weighted by Crippen LogP contribution is 2.10. The predicted octanol–water partition coefficient (Wildman–Crippen LogP) is 1.53. The van der Waals surface area contributed by atoms with E-state index in [0.717, 1.165) is 12.1 Å². The van der Waals surface area contributed by atoms with Crippen molar-refractivity contribution in [1.82, 2.24) is 0 Å².